The molecule has 1 aromatic rings. The van der Waals surface area contributed by atoms with Crippen LogP contribution in [0.5, 0.6) is 0 Å². The molecule has 0 saturated carbocycles. The molecule has 0 amide bonds. The van der Waals surface area contributed by atoms with Gasteiger partial charge in [-0.3, -0.25) is 0 Å². The number of pyridine rings is 1. The van der Waals surface area contributed by atoms with Gasteiger partial charge in [-0.1, -0.05) is 16.9 Å². The molecule has 1 aromatic heterocycles. The van der Waals surface area contributed by atoms with Crippen LogP contribution in [0.3, 0.4) is 0 Å². The Balaban J connectivity index is 2.40. The molecule has 3 nitrogen and oxygen atoms in total. The highest BCUT2D eigenvalue weighted by Crippen LogP contribution is 2.40. The fraction of sp³-hybridized carbons (Fsp3) is 0.615. The maximum Gasteiger partial charge on any atom is 0.106 e. The molecule has 1 rings (SSSR count). The quantitative estimate of drug-likeness (QED) is 0.779. The molecule has 102 valence electrons. The predicted octanol–water partition coefficient (Wildman–Crippen LogP) is 3.35. The second-order valence-corrected chi connectivity index (χ2v) is 8.20. The molecule has 0 radical (unpaired) electrons. The van der Waals surface area contributed by atoms with E-state index in [0.29, 0.717) is 13.2 Å². The van der Waals surface area contributed by atoms with Crippen LogP contribution >= 0.6 is 21.6 Å². The van der Waals surface area contributed by atoms with Gasteiger partial charge in [-0.25, -0.2) is 4.98 Å². The van der Waals surface area contributed by atoms with Crippen molar-refractivity contribution < 1.29 is 4.74 Å². The van der Waals surface area contributed by atoms with Gasteiger partial charge in [0.15, 0.2) is 0 Å². The lowest BCUT2D eigenvalue weighted by Crippen LogP contribution is -2.38. The Hall–Kier alpha value is -0.230. The van der Waals surface area contributed by atoms with Gasteiger partial charge in [0.05, 0.1) is 12.2 Å². The van der Waals surface area contributed by atoms with E-state index >= 15 is 0 Å². The van der Waals surface area contributed by atoms with Gasteiger partial charge in [0.2, 0.25) is 0 Å². The lowest BCUT2D eigenvalue weighted by atomic mass is 10.1. The average Bonchev–Trinajstić information content (AvgIpc) is 2.36. The van der Waals surface area contributed by atoms with E-state index in [4.69, 9.17) is 10.5 Å². The van der Waals surface area contributed by atoms with Crippen molar-refractivity contribution in [2.24, 2.45) is 5.73 Å². The minimum Gasteiger partial charge on any atom is -0.373 e. The van der Waals surface area contributed by atoms with Crippen LogP contribution < -0.4 is 5.73 Å². The summed E-state index contributed by atoms with van der Waals surface area (Å²) in [6, 6.07) is 5.93. The molecule has 0 aliphatic rings. The van der Waals surface area contributed by atoms with Gasteiger partial charge in [-0.15, -0.1) is 0 Å². The SMILES string of the molecule is CC(C)(CN)OCC(C)(C)SSc1ccccn1. The van der Waals surface area contributed by atoms with Crippen molar-refractivity contribution in [1.29, 1.82) is 0 Å². The van der Waals surface area contributed by atoms with E-state index in [1.54, 1.807) is 21.6 Å². The van der Waals surface area contributed by atoms with Crippen LogP contribution in [0, 0.1) is 0 Å². The standard InChI is InChI=1S/C13H22N2OS2/c1-12(2,9-14)16-10-13(3,4)18-17-11-7-5-6-8-15-11/h5-8H,9-10,14H2,1-4H3. The Bertz CT molecular complexity index is 355. The van der Waals surface area contributed by atoms with E-state index in [1.807, 2.05) is 38.2 Å². The summed E-state index contributed by atoms with van der Waals surface area (Å²) in [5.74, 6) is 0. The first-order valence-electron chi connectivity index (χ1n) is 5.95. The molecule has 18 heavy (non-hydrogen) atoms. The molecule has 0 atom stereocenters. The predicted molar refractivity (Wildman–Crippen MR) is 80.8 cm³/mol. The molecule has 1 heterocycles. The Labute approximate surface area is 118 Å². The third-order valence-corrected chi connectivity index (χ3v) is 5.47. The number of rotatable bonds is 7. The smallest absolute Gasteiger partial charge is 0.106 e. The Morgan fingerprint density at radius 3 is 2.56 bits per heavy atom. The average molecular weight is 286 g/mol. The van der Waals surface area contributed by atoms with Crippen molar-refractivity contribution >= 4 is 21.6 Å². The van der Waals surface area contributed by atoms with Crippen LogP contribution in [-0.4, -0.2) is 28.5 Å². The number of hydrogen-bond acceptors (Lipinski definition) is 5. The van der Waals surface area contributed by atoms with Crippen LogP contribution in [0.2, 0.25) is 0 Å². The summed E-state index contributed by atoms with van der Waals surface area (Å²) in [7, 11) is 3.45. The molecule has 0 unspecified atom stereocenters. The second kappa shape index (κ2) is 6.80. The molecule has 0 fully saturated rings. The molecule has 0 aromatic carbocycles. The van der Waals surface area contributed by atoms with E-state index in [-0.39, 0.29) is 10.3 Å². The zero-order valence-corrected chi connectivity index (χ0v) is 13.1. The normalized spacial score (nSPS) is 12.7. The highest BCUT2D eigenvalue weighted by Gasteiger charge is 2.25. The first kappa shape index (κ1) is 15.8. The maximum absolute atomic E-state index is 5.85. The molecular weight excluding hydrogens is 264 g/mol. The van der Waals surface area contributed by atoms with Crippen LogP contribution in [0.25, 0.3) is 0 Å². The van der Waals surface area contributed by atoms with Crippen molar-refractivity contribution in [1.82, 2.24) is 4.98 Å². The largest absolute Gasteiger partial charge is 0.373 e. The van der Waals surface area contributed by atoms with Gasteiger partial charge in [0.1, 0.15) is 5.03 Å². The van der Waals surface area contributed by atoms with E-state index in [0.717, 1.165) is 5.03 Å². The topological polar surface area (TPSA) is 48.1 Å². The van der Waals surface area contributed by atoms with Gasteiger partial charge >= 0.3 is 0 Å². The highest BCUT2D eigenvalue weighted by atomic mass is 33.1. The summed E-state index contributed by atoms with van der Waals surface area (Å²) < 4.78 is 5.87. The molecule has 0 saturated heterocycles. The summed E-state index contributed by atoms with van der Waals surface area (Å²) >= 11 is 0. The van der Waals surface area contributed by atoms with Crippen molar-refractivity contribution in [2.45, 2.75) is 43.1 Å². The molecule has 0 bridgehead atoms. The van der Waals surface area contributed by atoms with Gasteiger partial charge in [-0.2, -0.15) is 0 Å². The highest BCUT2D eigenvalue weighted by molar-refractivity contribution is 8.77. The summed E-state index contributed by atoms with van der Waals surface area (Å²) in [6.07, 6.45) is 1.81. The van der Waals surface area contributed by atoms with E-state index in [9.17, 15) is 0 Å². The maximum atomic E-state index is 5.85. The number of nitrogens with zero attached hydrogens (tertiary/aromatic N) is 1. The first-order valence-corrected chi connectivity index (χ1v) is 8.10. The third kappa shape index (κ3) is 6.09. The Kier molecular flexibility index (Phi) is 5.98. The van der Waals surface area contributed by atoms with Crippen LogP contribution in [0.15, 0.2) is 29.4 Å². The van der Waals surface area contributed by atoms with Crippen molar-refractivity contribution in [3.05, 3.63) is 24.4 Å². The van der Waals surface area contributed by atoms with Crippen molar-refractivity contribution in [3.8, 4) is 0 Å². The number of nitrogens with two attached hydrogens (primary N) is 1. The zero-order chi connectivity index (χ0) is 13.6. The fourth-order valence-electron chi connectivity index (χ4n) is 1.00. The summed E-state index contributed by atoms with van der Waals surface area (Å²) in [4.78, 5) is 4.29. The van der Waals surface area contributed by atoms with E-state index in [2.05, 4.69) is 18.8 Å². The van der Waals surface area contributed by atoms with E-state index in [1.165, 1.54) is 0 Å². The summed E-state index contributed by atoms with van der Waals surface area (Å²) in [5, 5.41) is 1.02. The number of hydrogen-bond donors (Lipinski definition) is 1. The Morgan fingerprint density at radius 1 is 1.28 bits per heavy atom. The third-order valence-electron chi connectivity index (χ3n) is 2.29. The lowest BCUT2D eigenvalue weighted by molar-refractivity contribution is -0.0179. The van der Waals surface area contributed by atoms with Gasteiger partial charge in [-0.05, 0) is 50.6 Å². The second-order valence-electron chi connectivity index (χ2n) is 5.35. The summed E-state index contributed by atoms with van der Waals surface area (Å²) in [5.41, 5.74) is 5.40. The van der Waals surface area contributed by atoms with Gasteiger partial charge in [0.25, 0.3) is 0 Å². The van der Waals surface area contributed by atoms with Crippen molar-refractivity contribution in [3.63, 3.8) is 0 Å². The van der Waals surface area contributed by atoms with E-state index < -0.39 is 0 Å². The molecule has 0 aliphatic carbocycles. The van der Waals surface area contributed by atoms with Crippen molar-refractivity contribution in [2.75, 3.05) is 13.2 Å². The Morgan fingerprint density at radius 2 is 2.00 bits per heavy atom. The van der Waals surface area contributed by atoms with Crippen LogP contribution in [0.4, 0.5) is 0 Å². The van der Waals surface area contributed by atoms with Crippen LogP contribution in [0.1, 0.15) is 27.7 Å². The van der Waals surface area contributed by atoms with Crippen LogP contribution in [-0.2, 0) is 4.74 Å². The molecular formula is C13H22N2OS2. The molecule has 0 spiro atoms. The molecule has 0 aliphatic heterocycles. The minimum absolute atomic E-state index is 0.0224. The monoisotopic (exact) mass is 286 g/mol. The van der Waals surface area contributed by atoms with Gasteiger partial charge < -0.3 is 10.5 Å². The fourth-order valence-corrected chi connectivity index (χ4v) is 3.03. The summed E-state index contributed by atoms with van der Waals surface area (Å²) in [6.45, 7) is 9.56. The van der Waals surface area contributed by atoms with Gasteiger partial charge in [0, 0.05) is 17.5 Å². The minimum atomic E-state index is -0.256. The number of aromatic nitrogens is 1. The molecule has 5 heteroatoms. The zero-order valence-electron chi connectivity index (χ0n) is 11.5. The number of ether oxygens (including phenoxy) is 1. The molecule has 2 N–H and O–H groups in total. The first-order chi connectivity index (χ1) is 8.35. The lowest BCUT2D eigenvalue weighted by Gasteiger charge is -2.30.